The Labute approximate surface area is 144 Å². The van der Waals surface area contributed by atoms with E-state index in [-0.39, 0.29) is 17.4 Å². The quantitative estimate of drug-likeness (QED) is 0.923. The molecular weight excluding hydrogens is 300 g/mol. The van der Waals surface area contributed by atoms with E-state index < -0.39 is 0 Å². The number of carbonyl (C=O) groups excluding carboxylic acids is 1. The lowest BCUT2D eigenvalue weighted by molar-refractivity contribution is -0.142. The van der Waals surface area contributed by atoms with Crippen LogP contribution >= 0.6 is 0 Å². The summed E-state index contributed by atoms with van der Waals surface area (Å²) in [7, 11) is 2.15. The van der Waals surface area contributed by atoms with Crippen molar-refractivity contribution in [3.8, 4) is 0 Å². The first-order valence-electron chi connectivity index (χ1n) is 9.27. The summed E-state index contributed by atoms with van der Waals surface area (Å²) in [5.74, 6) is 0.305. The van der Waals surface area contributed by atoms with Gasteiger partial charge in [0.25, 0.3) is 0 Å². The topological polar surface area (TPSA) is 43.8 Å². The summed E-state index contributed by atoms with van der Waals surface area (Å²) in [5, 5.41) is 10.0. The Kier molecular flexibility index (Phi) is 3.92. The second kappa shape index (κ2) is 5.85. The summed E-state index contributed by atoms with van der Waals surface area (Å²) >= 11 is 0. The number of nitrogens with zero attached hydrogens (tertiary/aromatic N) is 2. The Morgan fingerprint density at radius 2 is 1.92 bits per heavy atom. The molecule has 0 unspecified atom stereocenters. The molecule has 130 valence electrons. The summed E-state index contributed by atoms with van der Waals surface area (Å²) in [5.41, 5.74) is 0.895. The van der Waals surface area contributed by atoms with Crippen LogP contribution < -0.4 is 0 Å². The normalized spacial score (nSPS) is 32.2. The number of hydrogen-bond donors (Lipinski definition) is 1. The van der Waals surface area contributed by atoms with E-state index in [1.54, 1.807) is 0 Å². The summed E-state index contributed by atoms with van der Waals surface area (Å²) in [6.45, 7) is 2.87. The molecule has 2 atom stereocenters. The molecule has 2 heterocycles. The molecule has 4 rings (SSSR count). The maximum absolute atomic E-state index is 13.3. The number of hydrogen-bond acceptors (Lipinski definition) is 3. The highest BCUT2D eigenvalue weighted by atomic mass is 16.3. The van der Waals surface area contributed by atoms with E-state index in [9.17, 15) is 9.90 Å². The van der Waals surface area contributed by atoms with Crippen molar-refractivity contribution in [2.45, 2.75) is 43.6 Å². The lowest BCUT2D eigenvalue weighted by Crippen LogP contribution is -2.63. The molecule has 1 N–H and O–H groups in total. The molecule has 1 saturated carbocycles. The first-order chi connectivity index (χ1) is 11.6. The van der Waals surface area contributed by atoms with Gasteiger partial charge in [-0.15, -0.1) is 0 Å². The number of carbonyl (C=O) groups is 1. The molecule has 4 heteroatoms. The maximum atomic E-state index is 13.3. The molecule has 0 bridgehead atoms. The second-order valence-corrected chi connectivity index (χ2v) is 8.07. The molecule has 1 aliphatic carbocycles. The minimum absolute atomic E-state index is 0.00671. The van der Waals surface area contributed by atoms with Crippen LogP contribution in [0.25, 0.3) is 0 Å². The lowest BCUT2D eigenvalue weighted by Gasteiger charge is -2.54. The van der Waals surface area contributed by atoms with Crippen LogP contribution in [0.4, 0.5) is 0 Å². The first-order valence-corrected chi connectivity index (χ1v) is 9.27. The van der Waals surface area contributed by atoms with E-state index in [4.69, 9.17) is 0 Å². The van der Waals surface area contributed by atoms with Gasteiger partial charge in [-0.1, -0.05) is 30.3 Å². The van der Waals surface area contributed by atoms with E-state index in [0.717, 1.165) is 51.7 Å². The van der Waals surface area contributed by atoms with Gasteiger partial charge >= 0.3 is 0 Å². The van der Waals surface area contributed by atoms with Gasteiger partial charge in [0.1, 0.15) is 0 Å². The van der Waals surface area contributed by atoms with E-state index in [2.05, 4.69) is 29.0 Å². The average molecular weight is 328 g/mol. The summed E-state index contributed by atoms with van der Waals surface area (Å²) in [6, 6.07) is 10.6. The summed E-state index contributed by atoms with van der Waals surface area (Å²) in [6.07, 6.45) is 5.10. The molecule has 4 nitrogen and oxygen atoms in total. The third kappa shape index (κ3) is 2.39. The zero-order valence-corrected chi connectivity index (χ0v) is 14.6. The Morgan fingerprint density at radius 3 is 2.58 bits per heavy atom. The molecule has 1 aromatic carbocycles. The molecule has 2 aliphatic heterocycles. The second-order valence-electron chi connectivity index (χ2n) is 8.07. The molecule has 1 amide bonds. The Balaban J connectivity index is 1.55. The number of benzene rings is 1. The van der Waals surface area contributed by atoms with Crippen molar-refractivity contribution in [3.63, 3.8) is 0 Å². The predicted molar refractivity (Wildman–Crippen MR) is 93.7 cm³/mol. The van der Waals surface area contributed by atoms with Crippen molar-refractivity contribution in [3.05, 3.63) is 35.9 Å². The van der Waals surface area contributed by atoms with Gasteiger partial charge < -0.3 is 14.9 Å². The fourth-order valence-electron chi connectivity index (χ4n) is 5.01. The van der Waals surface area contributed by atoms with Gasteiger partial charge in [-0.2, -0.15) is 0 Å². The molecule has 0 spiro atoms. The SMILES string of the molecule is CN1CCC[C@]2(CO)CCN(C(=O)C3(c4ccccc4)CC3)C[C@@H]12. The van der Waals surface area contributed by atoms with Crippen LogP contribution in [0.15, 0.2) is 30.3 Å². The van der Waals surface area contributed by atoms with Gasteiger partial charge in [0.2, 0.25) is 5.91 Å². The van der Waals surface area contributed by atoms with Crippen LogP contribution in [0.3, 0.4) is 0 Å². The third-order valence-electron chi connectivity index (χ3n) is 6.79. The van der Waals surface area contributed by atoms with Crippen LogP contribution in [-0.2, 0) is 10.2 Å². The minimum atomic E-state index is -0.270. The molecule has 3 aliphatic rings. The lowest BCUT2D eigenvalue weighted by atomic mass is 9.69. The minimum Gasteiger partial charge on any atom is -0.396 e. The number of amides is 1. The molecule has 0 aromatic heterocycles. The molecular formula is C20H28N2O2. The monoisotopic (exact) mass is 328 g/mol. The molecule has 2 saturated heterocycles. The van der Waals surface area contributed by atoms with Crippen molar-refractivity contribution in [2.24, 2.45) is 5.41 Å². The number of piperidine rings is 2. The highest BCUT2D eigenvalue weighted by Crippen LogP contribution is 2.51. The number of rotatable bonds is 3. The standard InChI is InChI=1S/C20H28N2O2/c1-21-12-5-8-19(15-23)11-13-22(14-17(19)21)18(24)20(9-10-20)16-6-3-2-4-7-16/h2-4,6-7,17,23H,5,8-15H2,1H3/t17-,19-/m1/s1. The maximum Gasteiger partial charge on any atom is 0.233 e. The molecule has 0 radical (unpaired) electrons. The predicted octanol–water partition coefficient (Wildman–Crippen LogP) is 2.02. The van der Waals surface area contributed by atoms with E-state index >= 15 is 0 Å². The third-order valence-corrected chi connectivity index (χ3v) is 6.79. The van der Waals surface area contributed by atoms with E-state index in [1.165, 1.54) is 5.56 Å². The zero-order chi connectivity index (χ0) is 16.8. The van der Waals surface area contributed by atoms with Gasteiger partial charge in [0.05, 0.1) is 12.0 Å². The van der Waals surface area contributed by atoms with Crippen LogP contribution in [-0.4, -0.2) is 60.1 Å². The molecule has 3 fully saturated rings. The van der Waals surface area contributed by atoms with E-state index in [0.29, 0.717) is 11.9 Å². The Morgan fingerprint density at radius 1 is 1.17 bits per heavy atom. The fourth-order valence-corrected chi connectivity index (χ4v) is 5.01. The van der Waals surface area contributed by atoms with Gasteiger partial charge in [-0.25, -0.2) is 0 Å². The summed E-state index contributed by atoms with van der Waals surface area (Å²) < 4.78 is 0. The van der Waals surface area contributed by atoms with Crippen LogP contribution in [0.5, 0.6) is 0 Å². The van der Waals surface area contributed by atoms with Crippen molar-refractivity contribution < 1.29 is 9.90 Å². The van der Waals surface area contributed by atoms with Crippen molar-refractivity contribution in [1.29, 1.82) is 0 Å². The number of aliphatic hydroxyl groups excluding tert-OH is 1. The summed E-state index contributed by atoms with van der Waals surface area (Å²) in [4.78, 5) is 17.7. The average Bonchev–Trinajstić information content (AvgIpc) is 3.44. The first kappa shape index (κ1) is 16.1. The Bertz CT molecular complexity index is 613. The van der Waals surface area contributed by atoms with Gasteiger partial charge in [0.15, 0.2) is 0 Å². The molecule has 24 heavy (non-hydrogen) atoms. The Hall–Kier alpha value is -1.39. The smallest absolute Gasteiger partial charge is 0.233 e. The van der Waals surface area contributed by atoms with Gasteiger partial charge in [-0.05, 0) is 51.3 Å². The number of aliphatic hydroxyl groups is 1. The number of fused-ring (bicyclic) bond motifs is 1. The van der Waals surface area contributed by atoms with Gasteiger partial charge in [-0.3, -0.25) is 4.79 Å². The van der Waals surface area contributed by atoms with Crippen molar-refractivity contribution in [1.82, 2.24) is 9.80 Å². The highest BCUT2D eigenvalue weighted by Gasteiger charge is 2.55. The van der Waals surface area contributed by atoms with Crippen LogP contribution in [0.1, 0.15) is 37.7 Å². The number of likely N-dealkylation sites (tertiary alicyclic amines) is 2. The molecule has 1 aromatic rings. The van der Waals surface area contributed by atoms with Crippen LogP contribution in [0.2, 0.25) is 0 Å². The zero-order valence-electron chi connectivity index (χ0n) is 14.6. The van der Waals surface area contributed by atoms with Crippen molar-refractivity contribution >= 4 is 5.91 Å². The fraction of sp³-hybridized carbons (Fsp3) is 0.650. The van der Waals surface area contributed by atoms with E-state index in [1.807, 2.05) is 18.2 Å². The van der Waals surface area contributed by atoms with Crippen molar-refractivity contribution in [2.75, 3.05) is 33.3 Å². The van der Waals surface area contributed by atoms with Gasteiger partial charge in [0, 0.05) is 24.5 Å². The largest absolute Gasteiger partial charge is 0.396 e. The number of likely N-dealkylation sites (N-methyl/N-ethyl adjacent to an activating group) is 1. The van der Waals surface area contributed by atoms with Crippen LogP contribution in [0, 0.1) is 5.41 Å². The highest BCUT2D eigenvalue weighted by molar-refractivity contribution is 5.91.